The highest BCUT2D eigenvalue weighted by Crippen LogP contribution is 2.08. The largest absolute Gasteiger partial charge is 0.347 e. The van der Waals surface area contributed by atoms with Gasteiger partial charge in [0, 0.05) is 33.0 Å². The molecule has 0 aliphatic carbocycles. The molecule has 1 aromatic rings. The van der Waals surface area contributed by atoms with E-state index in [2.05, 4.69) is 24.1 Å². The maximum absolute atomic E-state index is 12.1. The normalized spacial score (nSPS) is 12.5. The van der Waals surface area contributed by atoms with E-state index in [1.54, 1.807) is 31.4 Å². The zero-order chi connectivity index (χ0) is 13.5. The molecule has 0 fully saturated rings. The quantitative estimate of drug-likeness (QED) is 0.834. The zero-order valence-corrected chi connectivity index (χ0v) is 11.7. The Kier molecular flexibility index (Phi) is 5.78. The first-order chi connectivity index (χ1) is 8.50. The van der Waals surface area contributed by atoms with Gasteiger partial charge in [-0.05, 0) is 30.0 Å². The van der Waals surface area contributed by atoms with Crippen molar-refractivity contribution in [2.24, 2.45) is 5.92 Å². The molecule has 1 unspecified atom stereocenters. The van der Waals surface area contributed by atoms with E-state index in [1.165, 1.54) is 0 Å². The number of hydrogen-bond donors (Lipinski definition) is 1. The fraction of sp³-hybridized carbons (Fsp3) is 0.571. The first-order valence-corrected chi connectivity index (χ1v) is 6.34. The van der Waals surface area contributed by atoms with E-state index in [0.29, 0.717) is 12.5 Å². The molecule has 0 radical (unpaired) electrons. The van der Waals surface area contributed by atoms with Crippen LogP contribution >= 0.6 is 0 Å². The minimum Gasteiger partial charge on any atom is -0.347 e. The highest BCUT2D eigenvalue weighted by Gasteiger charge is 2.20. The number of likely N-dealkylation sites (N-methyl/N-ethyl adjacent to an activating group) is 1. The number of nitrogens with zero attached hydrogens (tertiary/aromatic N) is 2. The van der Waals surface area contributed by atoms with Gasteiger partial charge in [0.25, 0.3) is 0 Å². The molecule has 4 heteroatoms. The van der Waals surface area contributed by atoms with E-state index in [0.717, 1.165) is 12.0 Å². The Labute approximate surface area is 109 Å². The van der Waals surface area contributed by atoms with Crippen LogP contribution in [0.1, 0.15) is 25.8 Å². The Morgan fingerprint density at radius 1 is 1.33 bits per heavy atom. The maximum atomic E-state index is 12.1. The number of pyridine rings is 1. The third-order valence-corrected chi connectivity index (χ3v) is 2.75. The summed E-state index contributed by atoms with van der Waals surface area (Å²) in [5, 5.41) is 3.33. The first-order valence-electron chi connectivity index (χ1n) is 6.34. The molecule has 4 nitrogen and oxygen atoms in total. The molecule has 0 aliphatic rings. The summed E-state index contributed by atoms with van der Waals surface area (Å²) >= 11 is 0. The fourth-order valence-electron chi connectivity index (χ4n) is 1.80. The lowest BCUT2D eigenvalue weighted by molar-refractivity contribution is -0.131. The summed E-state index contributed by atoms with van der Waals surface area (Å²) in [4.78, 5) is 17.7. The van der Waals surface area contributed by atoms with Crippen molar-refractivity contribution in [1.29, 1.82) is 0 Å². The van der Waals surface area contributed by atoms with Gasteiger partial charge >= 0.3 is 0 Å². The van der Waals surface area contributed by atoms with Crippen LogP contribution in [-0.4, -0.2) is 35.9 Å². The Bertz CT molecular complexity index is 363. The summed E-state index contributed by atoms with van der Waals surface area (Å²) in [5.41, 5.74) is 1.14. The third kappa shape index (κ3) is 4.84. The summed E-state index contributed by atoms with van der Waals surface area (Å²) in [6.07, 6.45) is 4.38. The van der Waals surface area contributed by atoms with Crippen molar-refractivity contribution in [2.45, 2.75) is 32.9 Å². The number of carbonyl (C=O) groups is 1. The smallest absolute Gasteiger partial charge is 0.239 e. The van der Waals surface area contributed by atoms with E-state index >= 15 is 0 Å². The monoisotopic (exact) mass is 249 g/mol. The van der Waals surface area contributed by atoms with Crippen LogP contribution in [0.2, 0.25) is 0 Å². The van der Waals surface area contributed by atoms with Gasteiger partial charge in [-0.3, -0.25) is 9.78 Å². The molecule has 0 aliphatic heterocycles. The van der Waals surface area contributed by atoms with Crippen LogP contribution < -0.4 is 5.32 Å². The zero-order valence-electron chi connectivity index (χ0n) is 11.7. The first kappa shape index (κ1) is 14.6. The Hall–Kier alpha value is -1.42. The number of carbonyl (C=O) groups excluding carboxylic acids is 1. The third-order valence-electron chi connectivity index (χ3n) is 2.75. The van der Waals surface area contributed by atoms with E-state index < -0.39 is 0 Å². The van der Waals surface area contributed by atoms with Gasteiger partial charge in [-0.15, -0.1) is 0 Å². The second-order valence-electron chi connectivity index (χ2n) is 5.15. The fourth-order valence-corrected chi connectivity index (χ4v) is 1.80. The molecule has 1 heterocycles. The number of amides is 1. The van der Waals surface area contributed by atoms with E-state index in [9.17, 15) is 4.79 Å². The highest BCUT2D eigenvalue weighted by atomic mass is 16.2. The van der Waals surface area contributed by atoms with Crippen molar-refractivity contribution in [3.63, 3.8) is 0 Å². The van der Waals surface area contributed by atoms with Crippen molar-refractivity contribution in [1.82, 2.24) is 15.2 Å². The second kappa shape index (κ2) is 7.11. The summed E-state index contributed by atoms with van der Waals surface area (Å²) < 4.78 is 0. The lowest BCUT2D eigenvalue weighted by atomic mass is 10.0. The predicted octanol–water partition coefficient (Wildman–Crippen LogP) is 1.67. The SMILES string of the molecule is CC(C)CC(NCc1ccncc1)C(=O)N(C)C. The molecule has 0 bridgehead atoms. The van der Waals surface area contributed by atoms with Crippen molar-refractivity contribution < 1.29 is 4.79 Å². The van der Waals surface area contributed by atoms with Crippen molar-refractivity contribution in [2.75, 3.05) is 14.1 Å². The minimum absolute atomic E-state index is 0.117. The molecule has 1 N–H and O–H groups in total. The van der Waals surface area contributed by atoms with Gasteiger partial charge < -0.3 is 10.2 Å². The maximum Gasteiger partial charge on any atom is 0.239 e. The summed E-state index contributed by atoms with van der Waals surface area (Å²) in [7, 11) is 3.59. The second-order valence-corrected chi connectivity index (χ2v) is 5.15. The van der Waals surface area contributed by atoms with Crippen molar-refractivity contribution >= 4 is 5.91 Å². The van der Waals surface area contributed by atoms with Gasteiger partial charge in [0.15, 0.2) is 0 Å². The molecule has 18 heavy (non-hydrogen) atoms. The van der Waals surface area contributed by atoms with Crippen molar-refractivity contribution in [3.05, 3.63) is 30.1 Å². The van der Waals surface area contributed by atoms with E-state index in [-0.39, 0.29) is 11.9 Å². The molecule has 100 valence electrons. The number of hydrogen-bond acceptors (Lipinski definition) is 3. The molecular weight excluding hydrogens is 226 g/mol. The highest BCUT2D eigenvalue weighted by molar-refractivity contribution is 5.81. The van der Waals surface area contributed by atoms with Gasteiger partial charge in [0.2, 0.25) is 5.91 Å². The summed E-state index contributed by atoms with van der Waals surface area (Å²) in [6, 6.07) is 3.80. The van der Waals surface area contributed by atoms with Crippen LogP contribution in [-0.2, 0) is 11.3 Å². The average molecular weight is 249 g/mol. The van der Waals surface area contributed by atoms with Gasteiger partial charge in [0.1, 0.15) is 0 Å². The lowest BCUT2D eigenvalue weighted by Gasteiger charge is -2.23. The molecule has 0 saturated carbocycles. The van der Waals surface area contributed by atoms with Crippen LogP contribution in [0.15, 0.2) is 24.5 Å². The van der Waals surface area contributed by atoms with Gasteiger partial charge in [-0.2, -0.15) is 0 Å². The van der Waals surface area contributed by atoms with Crippen LogP contribution in [0.5, 0.6) is 0 Å². The predicted molar refractivity (Wildman–Crippen MR) is 73.0 cm³/mol. The van der Waals surface area contributed by atoms with Crippen LogP contribution in [0.4, 0.5) is 0 Å². The molecule has 1 rings (SSSR count). The minimum atomic E-state index is -0.117. The van der Waals surface area contributed by atoms with Crippen LogP contribution in [0.3, 0.4) is 0 Å². The topological polar surface area (TPSA) is 45.2 Å². The van der Waals surface area contributed by atoms with E-state index in [4.69, 9.17) is 0 Å². The van der Waals surface area contributed by atoms with Crippen LogP contribution in [0.25, 0.3) is 0 Å². The van der Waals surface area contributed by atoms with Crippen LogP contribution in [0, 0.1) is 5.92 Å². The molecule has 0 aromatic carbocycles. The number of aromatic nitrogens is 1. The Balaban J connectivity index is 2.59. The molecule has 0 saturated heterocycles. The standard InChI is InChI=1S/C14H23N3O/c1-11(2)9-13(14(18)17(3)4)16-10-12-5-7-15-8-6-12/h5-8,11,13,16H,9-10H2,1-4H3. The molecule has 0 spiro atoms. The summed E-state index contributed by atoms with van der Waals surface area (Å²) in [6.45, 7) is 4.95. The van der Waals surface area contributed by atoms with Gasteiger partial charge in [-0.1, -0.05) is 13.8 Å². The van der Waals surface area contributed by atoms with E-state index in [1.807, 2.05) is 12.1 Å². The lowest BCUT2D eigenvalue weighted by Crippen LogP contribution is -2.44. The molecule has 1 atom stereocenters. The Morgan fingerprint density at radius 3 is 2.44 bits per heavy atom. The number of nitrogens with one attached hydrogen (secondary N) is 1. The average Bonchev–Trinajstić information content (AvgIpc) is 2.34. The number of rotatable bonds is 6. The molecule has 1 amide bonds. The Morgan fingerprint density at radius 2 is 1.94 bits per heavy atom. The molecular formula is C14H23N3O. The van der Waals surface area contributed by atoms with Gasteiger partial charge in [0.05, 0.1) is 6.04 Å². The summed E-state index contributed by atoms with van der Waals surface area (Å²) in [5.74, 6) is 0.626. The molecule has 1 aromatic heterocycles. The van der Waals surface area contributed by atoms with Crippen molar-refractivity contribution in [3.8, 4) is 0 Å². The van der Waals surface area contributed by atoms with Gasteiger partial charge in [-0.25, -0.2) is 0 Å².